The van der Waals surface area contributed by atoms with E-state index in [9.17, 15) is 0 Å². The molecular weight excluding hydrogens is 184 g/mol. The normalized spacial score (nSPS) is 10.4. The van der Waals surface area contributed by atoms with Gasteiger partial charge in [0.15, 0.2) is 0 Å². The van der Waals surface area contributed by atoms with E-state index in [0.717, 1.165) is 19.5 Å². The van der Waals surface area contributed by atoms with Gasteiger partial charge in [0.25, 0.3) is 0 Å². The number of hydrogen-bond acceptors (Lipinski definition) is 2. The average molecular weight is 206 g/mol. The lowest BCUT2D eigenvalue weighted by molar-refractivity contribution is 0.850. The van der Waals surface area contributed by atoms with E-state index in [4.69, 9.17) is 5.73 Å². The molecule has 1 aromatic rings. The van der Waals surface area contributed by atoms with Gasteiger partial charge >= 0.3 is 0 Å². The van der Waals surface area contributed by atoms with E-state index in [1.807, 2.05) is 0 Å². The minimum Gasteiger partial charge on any atom is -0.375 e. The van der Waals surface area contributed by atoms with Crippen molar-refractivity contribution in [2.75, 3.05) is 25.0 Å². The number of nitrogens with zero attached hydrogens (tertiary/aromatic N) is 1. The molecule has 0 aliphatic rings. The Bertz CT molecular complexity index is 307. The maximum Gasteiger partial charge on any atom is 0.0366 e. The summed E-state index contributed by atoms with van der Waals surface area (Å²) < 4.78 is 0. The Morgan fingerprint density at radius 3 is 2.60 bits per heavy atom. The van der Waals surface area contributed by atoms with Crippen LogP contribution in [0.15, 0.2) is 18.2 Å². The zero-order valence-electron chi connectivity index (χ0n) is 10.1. The number of benzene rings is 1. The molecule has 0 amide bonds. The van der Waals surface area contributed by atoms with Crippen LogP contribution < -0.4 is 10.6 Å². The number of aryl methyl sites for hydroxylation is 1. The molecule has 0 radical (unpaired) electrons. The summed E-state index contributed by atoms with van der Waals surface area (Å²) >= 11 is 0. The number of rotatable bonds is 5. The van der Waals surface area contributed by atoms with Gasteiger partial charge in [-0.25, -0.2) is 0 Å². The number of anilines is 1. The minimum atomic E-state index is 0.727. The van der Waals surface area contributed by atoms with Gasteiger partial charge in [-0.2, -0.15) is 0 Å². The van der Waals surface area contributed by atoms with Gasteiger partial charge in [0.2, 0.25) is 0 Å². The third kappa shape index (κ3) is 3.24. The second-order valence-electron chi connectivity index (χ2n) is 4.07. The minimum absolute atomic E-state index is 0.727. The molecule has 2 nitrogen and oxygen atoms in total. The second kappa shape index (κ2) is 5.76. The summed E-state index contributed by atoms with van der Waals surface area (Å²) in [6, 6.07) is 6.64. The molecule has 0 aromatic heterocycles. The molecule has 0 bridgehead atoms. The highest BCUT2D eigenvalue weighted by atomic mass is 15.1. The van der Waals surface area contributed by atoms with E-state index < -0.39 is 0 Å². The zero-order valence-corrected chi connectivity index (χ0v) is 10.1. The first-order chi connectivity index (χ1) is 7.19. The predicted molar refractivity (Wildman–Crippen MR) is 67.5 cm³/mol. The molecule has 0 unspecified atom stereocenters. The van der Waals surface area contributed by atoms with Crippen molar-refractivity contribution in [2.24, 2.45) is 5.73 Å². The Morgan fingerprint density at radius 1 is 1.33 bits per heavy atom. The monoisotopic (exact) mass is 206 g/mol. The third-order valence-electron chi connectivity index (χ3n) is 2.74. The first-order valence-corrected chi connectivity index (χ1v) is 5.69. The molecule has 0 atom stereocenters. The zero-order chi connectivity index (χ0) is 11.3. The molecule has 0 spiro atoms. The lowest BCUT2D eigenvalue weighted by Crippen LogP contribution is -2.18. The van der Waals surface area contributed by atoms with Crippen LogP contribution in [0.2, 0.25) is 0 Å². The summed E-state index contributed by atoms with van der Waals surface area (Å²) in [5.41, 5.74) is 9.58. The fourth-order valence-electron chi connectivity index (χ4n) is 1.82. The third-order valence-corrected chi connectivity index (χ3v) is 2.74. The molecule has 0 heterocycles. The number of hydrogen-bond donors (Lipinski definition) is 1. The Hall–Kier alpha value is -1.02. The fraction of sp³-hybridized carbons (Fsp3) is 0.538. The predicted octanol–water partition coefficient (Wildman–Crippen LogP) is 2.34. The van der Waals surface area contributed by atoms with E-state index in [0.29, 0.717) is 0 Å². The Kier molecular flexibility index (Phi) is 4.63. The summed E-state index contributed by atoms with van der Waals surface area (Å²) in [6.07, 6.45) is 2.16. The van der Waals surface area contributed by atoms with Crippen LogP contribution in [0.3, 0.4) is 0 Å². The average Bonchev–Trinajstić information content (AvgIpc) is 2.21. The van der Waals surface area contributed by atoms with Crippen molar-refractivity contribution in [1.82, 2.24) is 0 Å². The van der Waals surface area contributed by atoms with Crippen LogP contribution in [0, 0.1) is 6.92 Å². The van der Waals surface area contributed by atoms with Crippen molar-refractivity contribution in [3.63, 3.8) is 0 Å². The summed E-state index contributed by atoms with van der Waals surface area (Å²) in [7, 11) is 2.14. The number of nitrogens with two attached hydrogens (primary N) is 1. The van der Waals surface area contributed by atoms with Crippen molar-refractivity contribution >= 4 is 5.69 Å². The van der Waals surface area contributed by atoms with E-state index in [1.165, 1.54) is 23.2 Å². The van der Waals surface area contributed by atoms with Gasteiger partial charge in [-0.1, -0.05) is 13.0 Å². The van der Waals surface area contributed by atoms with Crippen molar-refractivity contribution in [2.45, 2.75) is 26.7 Å². The molecule has 1 rings (SSSR count). The van der Waals surface area contributed by atoms with Gasteiger partial charge in [0, 0.05) is 19.3 Å². The standard InChI is InChI=1S/C13H22N2/c1-4-9-15(3)13-6-5-12(7-8-14)11(2)10-13/h5-6,10H,4,7-9,14H2,1-3H3. The van der Waals surface area contributed by atoms with Crippen LogP contribution in [0.4, 0.5) is 5.69 Å². The van der Waals surface area contributed by atoms with E-state index in [1.54, 1.807) is 0 Å². The van der Waals surface area contributed by atoms with Crippen LogP contribution >= 0.6 is 0 Å². The Labute approximate surface area is 93.1 Å². The molecule has 0 fully saturated rings. The maximum absolute atomic E-state index is 5.56. The molecule has 2 N–H and O–H groups in total. The SMILES string of the molecule is CCCN(C)c1ccc(CCN)c(C)c1. The largest absolute Gasteiger partial charge is 0.375 e. The van der Waals surface area contributed by atoms with Crippen LogP contribution in [0.1, 0.15) is 24.5 Å². The van der Waals surface area contributed by atoms with Gasteiger partial charge < -0.3 is 10.6 Å². The maximum atomic E-state index is 5.56. The molecular formula is C13H22N2. The summed E-state index contributed by atoms with van der Waals surface area (Å²) in [5.74, 6) is 0. The molecule has 2 heteroatoms. The molecule has 84 valence electrons. The molecule has 0 aliphatic heterocycles. The molecule has 0 aliphatic carbocycles. The molecule has 0 saturated heterocycles. The highest BCUT2D eigenvalue weighted by Crippen LogP contribution is 2.18. The van der Waals surface area contributed by atoms with Crippen molar-refractivity contribution in [3.05, 3.63) is 29.3 Å². The van der Waals surface area contributed by atoms with E-state index in [-0.39, 0.29) is 0 Å². The highest BCUT2D eigenvalue weighted by Gasteiger charge is 2.02. The van der Waals surface area contributed by atoms with Crippen molar-refractivity contribution in [3.8, 4) is 0 Å². The lowest BCUT2D eigenvalue weighted by Gasteiger charge is -2.19. The highest BCUT2D eigenvalue weighted by molar-refractivity contribution is 5.50. The molecule has 0 saturated carbocycles. The topological polar surface area (TPSA) is 29.3 Å². The van der Waals surface area contributed by atoms with E-state index >= 15 is 0 Å². The van der Waals surface area contributed by atoms with E-state index in [2.05, 4.69) is 44.0 Å². The van der Waals surface area contributed by atoms with Gasteiger partial charge in [-0.05, 0) is 49.6 Å². The van der Waals surface area contributed by atoms with Gasteiger partial charge in [0.05, 0.1) is 0 Å². The van der Waals surface area contributed by atoms with Gasteiger partial charge in [-0.3, -0.25) is 0 Å². The quantitative estimate of drug-likeness (QED) is 0.801. The van der Waals surface area contributed by atoms with Crippen LogP contribution in [0.25, 0.3) is 0 Å². The summed E-state index contributed by atoms with van der Waals surface area (Å²) in [5, 5.41) is 0. The van der Waals surface area contributed by atoms with Crippen LogP contribution in [-0.4, -0.2) is 20.1 Å². The lowest BCUT2D eigenvalue weighted by atomic mass is 10.0. The molecule has 15 heavy (non-hydrogen) atoms. The smallest absolute Gasteiger partial charge is 0.0366 e. The van der Waals surface area contributed by atoms with Gasteiger partial charge in [-0.15, -0.1) is 0 Å². The fourth-order valence-corrected chi connectivity index (χ4v) is 1.82. The van der Waals surface area contributed by atoms with Gasteiger partial charge in [0.1, 0.15) is 0 Å². The Balaban J connectivity index is 2.81. The summed E-state index contributed by atoms with van der Waals surface area (Å²) in [6.45, 7) is 6.20. The first-order valence-electron chi connectivity index (χ1n) is 5.69. The van der Waals surface area contributed by atoms with Crippen molar-refractivity contribution in [1.29, 1.82) is 0 Å². The van der Waals surface area contributed by atoms with Crippen LogP contribution in [-0.2, 0) is 6.42 Å². The Morgan fingerprint density at radius 2 is 2.07 bits per heavy atom. The summed E-state index contributed by atoms with van der Waals surface area (Å²) in [4.78, 5) is 2.29. The first kappa shape index (κ1) is 12.1. The van der Waals surface area contributed by atoms with Crippen molar-refractivity contribution < 1.29 is 0 Å². The van der Waals surface area contributed by atoms with Crippen LogP contribution in [0.5, 0.6) is 0 Å². The molecule has 1 aromatic carbocycles. The second-order valence-corrected chi connectivity index (χ2v) is 4.07.